The Morgan fingerprint density at radius 2 is 1.90 bits per heavy atom. The highest BCUT2D eigenvalue weighted by atomic mass is 15.1. The normalized spacial score (nSPS) is 38.1. The van der Waals surface area contributed by atoms with Crippen LogP contribution >= 0.6 is 0 Å². The van der Waals surface area contributed by atoms with E-state index in [4.69, 9.17) is 0 Å². The topological polar surface area (TPSA) is 15.3 Å². The molecule has 0 saturated heterocycles. The lowest BCUT2D eigenvalue weighted by Gasteiger charge is -2.46. The fraction of sp³-hybridized carbons (Fsp3) is 1.00. The SMILES string of the molecule is CNC1C(CN(C)C2CCCC(C)C2)CCCC1(C)C. The van der Waals surface area contributed by atoms with Crippen LogP contribution in [0, 0.1) is 17.3 Å². The third kappa shape index (κ3) is 3.76. The van der Waals surface area contributed by atoms with E-state index in [1.54, 1.807) is 0 Å². The number of nitrogens with zero attached hydrogens (tertiary/aromatic N) is 1. The molecule has 2 aliphatic rings. The average molecular weight is 280 g/mol. The van der Waals surface area contributed by atoms with Gasteiger partial charge in [-0.1, -0.05) is 40.0 Å². The van der Waals surface area contributed by atoms with E-state index >= 15 is 0 Å². The first kappa shape index (κ1) is 16.3. The molecule has 20 heavy (non-hydrogen) atoms. The molecule has 0 aromatic rings. The molecule has 0 amide bonds. The van der Waals surface area contributed by atoms with Crippen LogP contribution in [0.1, 0.15) is 65.7 Å². The summed E-state index contributed by atoms with van der Waals surface area (Å²) >= 11 is 0. The Morgan fingerprint density at radius 1 is 1.15 bits per heavy atom. The van der Waals surface area contributed by atoms with E-state index in [1.165, 1.54) is 51.5 Å². The van der Waals surface area contributed by atoms with Crippen molar-refractivity contribution in [1.29, 1.82) is 0 Å². The van der Waals surface area contributed by atoms with Gasteiger partial charge in [0.1, 0.15) is 0 Å². The highest BCUT2D eigenvalue weighted by Gasteiger charge is 2.38. The molecular weight excluding hydrogens is 244 g/mol. The van der Waals surface area contributed by atoms with E-state index < -0.39 is 0 Å². The van der Waals surface area contributed by atoms with Crippen LogP contribution in [0.5, 0.6) is 0 Å². The largest absolute Gasteiger partial charge is 0.316 e. The highest BCUT2D eigenvalue weighted by molar-refractivity contribution is 4.94. The fourth-order valence-corrected chi connectivity index (χ4v) is 4.92. The molecule has 2 nitrogen and oxygen atoms in total. The molecule has 2 rings (SSSR count). The van der Waals surface area contributed by atoms with Crippen LogP contribution in [0.25, 0.3) is 0 Å². The van der Waals surface area contributed by atoms with Gasteiger partial charge >= 0.3 is 0 Å². The van der Waals surface area contributed by atoms with Crippen LogP contribution in [0.2, 0.25) is 0 Å². The zero-order chi connectivity index (χ0) is 14.8. The third-order valence-corrected chi connectivity index (χ3v) is 6.07. The maximum atomic E-state index is 3.63. The Bertz CT molecular complexity index is 300. The van der Waals surface area contributed by atoms with Gasteiger partial charge in [0.15, 0.2) is 0 Å². The van der Waals surface area contributed by atoms with Crippen LogP contribution < -0.4 is 5.32 Å². The monoisotopic (exact) mass is 280 g/mol. The molecule has 2 fully saturated rings. The maximum Gasteiger partial charge on any atom is 0.0156 e. The van der Waals surface area contributed by atoms with E-state index in [0.717, 1.165) is 17.9 Å². The van der Waals surface area contributed by atoms with Crippen molar-refractivity contribution < 1.29 is 0 Å². The van der Waals surface area contributed by atoms with Gasteiger partial charge in [-0.2, -0.15) is 0 Å². The molecule has 0 radical (unpaired) electrons. The molecule has 0 aromatic heterocycles. The van der Waals surface area contributed by atoms with Crippen LogP contribution in [0.15, 0.2) is 0 Å². The first-order valence-electron chi connectivity index (χ1n) is 8.81. The molecule has 2 aliphatic carbocycles. The second-order valence-corrected chi connectivity index (χ2v) is 8.27. The summed E-state index contributed by atoms with van der Waals surface area (Å²) in [4.78, 5) is 2.69. The van der Waals surface area contributed by atoms with E-state index in [-0.39, 0.29) is 0 Å². The van der Waals surface area contributed by atoms with Gasteiger partial charge in [0.05, 0.1) is 0 Å². The Kier molecular flexibility index (Phi) is 5.53. The van der Waals surface area contributed by atoms with E-state index in [9.17, 15) is 0 Å². The molecule has 2 heteroatoms. The van der Waals surface area contributed by atoms with Gasteiger partial charge in [0, 0.05) is 18.6 Å². The van der Waals surface area contributed by atoms with E-state index in [2.05, 4.69) is 45.1 Å². The van der Waals surface area contributed by atoms with Crippen molar-refractivity contribution in [3.8, 4) is 0 Å². The minimum absolute atomic E-state index is 0.457. The van der Waals surface area contributed by atoms with Gasteiger partial charge in [0.25, 0.3) is 0 Å². The summed E-state index contributed by atoms with van der Waals surface area (Å²) in [6.45, 7) is 8.61. The fourth-order valence-electron chi connectivity index (χ4n) is 4.92. The summed E-state index contributed by atoms with van der Waals surface area (Å²) < 4.78 is 0. The van der Waals surface area contributed by atoms with Crippen LogP contribution in [0.3, 0.4) is 0 Å². The quantitative estimate of drug-likeness (QED) is 0.840. The Labute approximate surface area is 126 Å². The van der Waals surface area contributed by atoms with E-state index in [1.807, 2.05) is 0 Å². The Morgan fingerprint density at radius 3 is 2.55 bits per heavy atom. The highest BCUT2D eigenvalue weighted by Crippen LogP contribution is 2.39. The minimum Gasteiger partial charge on any atom is -0.316 e. The van der Waals surface area contributed by atoms with E-state index in [0.29, 0.717) is 11.5 Å². The summed E-state index contributed by atoms with van der Waals surface area (Å²) in [6, 6.07) is 1.51. The molecule has 0 aliphatic heterocycles. The second-order valence-electron chi connectivity index (χ2n) is 8.27. The van der Waals surface area contributed by atoms with Gasteiger partial charge in [-0.25, -0.2) is 0 Å². The number of rotatable bonds is 4. The summed E-state index contributed by atoms with van der Waals surface area (Å²) in [6.07, 6.45) is 9.89. The van der Waals surface area contributed by atoms with Gasteiger partial charge in [-0.3, -0.25) is 0 Å². The molecular formula is C18H36N2. The smallest absolute Gasteiger partial charge is 0.0156 e. The predicted octanol–water partition coefficient (Wildman–Crippen LogP) is 3.91. The van der Waals surface area contributed by atoms with Crippen molar-refractivity contribution in [2.24, 2.45) is 17.3 Å². The molecule has 0 heterocycles. The molecule has 4 atom stereocenters. The Hall–Kier alpha value is -0.0800. The number of nitrogens with one attached hydrogen (secondary N) is 1. The van der Waals surface area contributed by atoms with Gasteiger partial charge < -0.3 is 10.2 Å². The molecule has 2 saturated carbocycles. The number of hydrogen-bond donors (Lipinski definition) is 1. The summed E-state index contributed by atoms with van der Waals surface area (Å²) in [5.41, 5.74) is 0.457. The molecule has 118 valence electrons. The van der Waals surface area contributed by atoms with Gasteiger partial charge in [-0.05, 0) is 57.0 Å². The van der Waals surface area contributed by atoms with Crippen molar-refractivity contribution in [3.05, 3.63) is 0 Å². The molecule has 4 unspecified atom stereocenters. The number of hydrogen-bond acceptors (Lipinski definition) is 2. The zero-order valence-corrected chi connectivity index (χ0v) is 14.4. The van der Waals surface area contributed by atoms with Crippen LogP contribution in [0.4, 0.5) is 0 Å². The predicted molar refractivity (Wildman–Crippen MR) is 88.0 cm³/mol. The standard InChI is InChI=1S/C18H36N2/c1-14-8-6-10-16(12-14)20(5)13-15-9-7-11-18(2,3)17(15)19-4/h14-17,19H,6-13H2,1-5H3. The van der Waals surface area contributed by atoms with Crippen molar-refractivity contribution in [1.82, 2.24) is 10.2 Å². The Balaban J connectivity index is 1.93. The third-order valence-electron chi connectivity index (χ3n) is 6.07. The first-order chi connectivity index (χ1) is 9.44. The van der Waals surface area contributed by atoms with Crippen molar-refractivity contribution in [2.75, 3.05) is 20.6 Å². The molecule has 0 aromatic carbocycles. The van der Waals surface area contributed by atoms with Crippen molar-refractivity contribution in [3.63, 3.8) is 0 Å². The average Bonchev–Trinajstić information content (AvgIpc) is 2.38. The maximum absolute atomic E-state index is 3.63. The molecule has 0 bridgehead atoms. The van der Waals surface area contributed by atoms with Crippen molar-refractivity contribution in [2.45, 2.75) is 77.8 Å². The lowest BCUT2D eigenvalue weighted by Crippen LogP contribution is -2.52. The van der Waals surface area contributed by atoms with Crippen LogP contribution in [-0.2, 0) is 0 Å². The second kappa shape index (κ2) is 6.79. The van der Waals surface area contributed by atoms with Crippen molar-refractivity contribution >= 4 is 0 Å². The summed E-state index contributed by atoms with van der Waals surface area (Å²) in [5, 5.41) is 3.63. The van der Waals surface area contributed by atoms with Crippen LogP contribution in [-0.4, -0.2) is 37.6 Å². The first-order valence-corrected chi connectivity index (χ1v) is 8.81. The minimum atomic E-state index is 0.457. The van der Waals surface area contributed by atoms with Gasteiger partial charge in [0.2, 0.25) is 0 Å². The molecule has 1 N–H and O–H groups in total. The summed E-state index contributed by atoms with van der Waals surface area (Å²) in [5.74, 6) is 1.75. The zero-order valence-electron chi connectivity index (χ0n) is 14.4. The summed E-state index contributed by atoms with van der Waals surface area (Å²) in [7, 11) is 4.53. The lowest BCUT2D eigenvalue weighted by molar-refractivity contribution is 0.0669. The van der Waals surface area contributed by atoms with Gasteiger partial charge in [-0.15, -0.1) is 0 Å². The lowest BCUT2D eigenvalue weighted by atomic mass is 9.67. The molecule has 0 spiro atoms.